The number of carboxylic acid groups (broad SMARTS) is 1. The maximum Gasteiger partial charge on any atom is 0.305 e. The third-order valence-electron chi connectivity index (χ3n) is 4.31. The van der Waals surface area contributed by atoms with E-state index in [0.29, 0.717) is 0 Å². The molecule has 2 aromatic carbocycles. The van der Waals surface area contributed by atoms with Crippen molar-refractivity contribution in [1.29, 1.82) is 0 Å². The molecule has 1 heterocycles. The lowest BCUT2D eigenvalue weighted by molar-refractivity contribution is -0.137. The largest absolute Gasteiger partial charge is 0.481 e. The average Bonchev–Trinajstić information content (AvgIpc) is 3.15. The average molecular weight is 397 g/mol. The standard InChI is InChI=1S/C21H20FN3O4/c1-13-5-4-6-14(11-13)17(12-20(27)28)23-18(26)9-10-19-24-21(25-29-19)15-7-2-3-8-16(15)22/h2-8,11,17H,9-10,12H2,1H3,(H,23,26)(H,27,28). The molecule has 1 aromatic heterocycles. The van der Waals surface area contributed by atoms with E-state index in [0.717, 1.165) is 11.1 Å². The minimum absolute atomic E-state index is 0.0286. The monoisotopic (exact) mass is 397 g/mol. The molecule has 150 valence electrons. The fourth-order valence-corrected chi connectivity index (χ4v) is 2.91. The van der Waals surface area contributed by atoms with Gasteiger partial charge in [0.25, 0.3) is 0 Å². The van der Waals surface area contributed by atoms with E-state index in [1.54, 1.807) is 18.2 Å². The molecular weight excluding hydrogens is 377 g/mol. The van der Waals surface area contributed by atoms with Crippen LogP contribution in [0.1, 0.15) is 35.9 Å². The first-order valence-corrected chi connectivity index (χ1v) is 9.07. The van der Waals surface area contributed by atoms with Crippen LogP contribution in [0.25, 0.3) is 11.4 Å². The summed E-state index contributed by atoms with van der Waals surface area (Å²) in [7, 11) is 0. The van der Waals surface area contributed by atoms with Gasteiger partial charge in [-0.3, -0.25) is 9.59 Å². The summed E-state index contributed by atoms with van der Waals surface area (Å²) in [6.07, 6.45) is -0.0467. The predicted molar refractivity (Wildman–Crippen MR) is 102 cm³/mol. The first kappa shape index (κ1) is 20.2. The normalized spacial score (nSPS) is 11.8. The van der Waals surface area contributed by atoms with Gasteiger partial charge < -0.3 is 14.9 Å². The van der Waals surface area contributed by atoms with E-state index in [1.165, 1.54) is 12.1 Å². The molecule has 0 aliphatic rings. The second-order valence-electron chi connectivity index (χ2n) is 6.62. The number of rotatable bonds is 8. The Bertz CT molecular complexity index is 1020. The molecule has 3 aromatic rings. The van der Waals surface area contributed by atoms with Gasteiger partial charge in [0.2, 0.25) is 17.6 Å². The van der Waals surface area contributed by atoms with E-state index in [-0.39, 0.29) is 42.4 Å². The highest BCUT2D eigenvalue weighted by atomic mass is 19.1. The Morgan fingerprint density at radius 1 is 1.21 bits per heavy atom. The summed E-state index contributed by atoms with van der Waals surface area (Å²) >= 11 is 0. The second kappa shape index (κ2) is 9.09. The Morgan fingerprint density at radius 3 is 2.72 bits per heavy atom. The van der Waals surface area contributed by atoms with Gasteiger partial charge in [-0.15, -0.1) is 0 Å². The Morgan fingerprint density at radius 2 is 2.00 bits per heavy atom. The minimum Gasteiger partial charge on any atom is -0.481 e. The van der Waals surface area contributed by atoms with Crippen LogP contribution in [0, 0.1) is 12.7 Å². The Labute approximate surface area is 166 Å². The molecule has 7 nitrogen and oxygen atoms in total. The summed E-state index contributed by atoms with van der Waals surface area (Å²) < 4.78 is 18.9. The molecule has 29 heavy (non-hydrogen) atoms. The molecule has 0 aliphatic heterocycles. The molecule has 3 rings (SSSR count). The molecule has 1 amide bonds. The van der Waals surface area contributed by atoms with Crippen LogP contribution in [-0.4, -0.2) is 27.1 Å². The highest BCUT2D eigenvalue weighted by Crippen LogP contribution is 2.20. The third-order valence-corrected chi connectivity index (χ3v) is 4.31. The summed E-state index contributed by atoms with van der Waals surface area (Å²) in [5.74, 6) is -1.51. The molecule has 0 saturated heterocycles. The first-order valence-electron chi connectivity index (χ1n) is 9.07. The van der Waals surface area contributed by atoms with Crippen molar-refractivity contribution < 1.29 is 23.6 Å². The summed E-state index contributed by atoms with van der Waals surface area (Å²) in [4.78, 5) is 27.6. The highest BCUT2D eigenvalue weighted by molar-refractivity contribution is 5.78. The maximum absolute atomic E-state index is 13.8. The molecule has 0 aliphatic carbocycles. The number of carbonyl (C=O) groups is 2. The number of nitrogens with zero attached hydrogens (tertiary/aromatic N) is 2. The fraction of sp³-hybridized carbons (Fsp3) is 0.238. The van der Waals surface area contributed by atoms with Gasteiger partial charge in [-0.1, -0.05) is 47.1 Å². The Balaban J connectivity index is 1.62. The molecule has 0 spiro atoms. The number of carboxylic acids is 1. The van der Waals surface area contributed by atoms with Crippen molar-refractivity contribution in [1.82, 2.24) is 15.5 Å². The van der Waals surface area contributed by atoms with Gasteiger partial charge in [0.15, 0.2) is 0 Å². The van der Waals surface area contributed by atoms with Crippen molar-refractivity contribution in [3.63, 3.8) is 0 Å². The van der Waals surface area contributed by atoms with Gasteiger partial charge in [0.1, 0.15) is 5.82 Å². The van der Waals surface area contributed by atoms with Gasteiger partial charge in [0, 0.05) is 12.8 Å². The zero-order chi connectivity index (χ0) is 20.8. The fourth-order valence-electron chi connectivity index (χ4n) is 2.91. The molecule has 0 fully saturated rings. The maximum atomic E-state index is 13.8. The van der Waals surface area contributed by atoms with Crippen molar-refractivity contribution in [2.45, 2.75) is 32.2 Å². The van der Waals surface area contributed by atoms with E-state index in [9.17, 15) is 14.0 Å². The highest BCUT2D eigenvalue weighted by Gasteiger charge is 2.19. The predicted octanol–water partition coefficient (Wildman–Crippen LogP) is 3.45. The van der Waals surface area contributed by atoms with Gasteiger partial charge in [0.05, 0.1) is 18.0 Å². The molecular formula is C21H20FN3O4. The summed E-state index contributed by atoms with van der Waals surface area (Å²) in [5.41, 5.74) is 1.91. The van der Waals surface area contributed by atoms with Gasteiger partial charge in [-0.25, -0.2) is 4.39 Å². The third kappa shape index (κ3) is 5.47. The van der Waals surface area contributed by atoms with Gasteiger partial charge in [-0.05, 0) is 24.6 Å². The summed E-state index contributed by atoms with van der Waals surface area (Å²) in [6.45, 7) is 1.89. The van der Waals surface area contributed by atoms with Gasteiger partial charge in [-0.2, -0.15) is 4.98 Å². The van der Waals surface area contributed by atoms with E-state index in [1.807, 2.05) is 25.1 Å². The number of nitrogens with one attached hydrogen (secondary N) is 1. The number of aryl methyl sites for hydroxylation is 2. The first-order chi connectivity index (χ1) is 13.9. The van der Waals surface area contributed by atoms with Crippen LogP contribution in [-0.2, 0) is 16.0 Å². The lowest BCUT2D eigenvalue weighted by Gasteiger charge is -2.17. The molecule has 0 radical (unpaired) electrons. The topological polar surface area (TPSA) is 105 Å². The molecule has 2 N–H and O–H groups in total. The number of benzene rings is 2. The van der Waals surface area contributed by atoms with Crippen LogP contribution in [0.5, 0.6) is 0 Å². The summed E-state index contributed by atoms with van der Waals surface area (Å²) in [6, 6.07) is 12.7. The van der Waals surface area contributed by atoms with Crippen LogP contribution < -0.4 is 5.32 Å². The number of hydrogen-bond acceptors (Lipinski definition) is 5. The smallest absolute Gasteiger partial charge is 0.305 e. The molecule has 1 atom stereocenters. The molecule has 8 heteroatoms. The van der Waals surface area contributed by atoms with Crippen LogP contribution in [0.4, 0.5) is 4.39 Å². The Kier molecular flexibility index (Phi) is 6.33. The number of carbonyl (C=O) groups excluding carboxylic acids is 1. The lowest BCUT2D eigenvalue weighted by Crippen LogP contribution is -2.30. The van der Waals surface area contributed by atoms with Crippen LogP contribution in [0.3, 0.4) is 0 Å². The Hall–Kier alpha value is -3.55. The minimum atomic E-state index is -1.01. The second-order valence-corrected chi connectivity index (χ2v) is 6.62. The van der Waals surface area contributed by atoms with Crippen molar-refractivity contribution in [2.24, 2.45) is 0 Å². The number of aliphatic carboxylic acids is 1. The number of halogens is 1. The molecule has 0 bridgehead atoms. The van der Waals surface area contributed by atoms with Crippen molar-refractivity contribution in [2.75, 3.05) is 0 Å². The van der Waals surface area contributed by atoms with Crippen LogP contribution in [0.15, 0.2) is 53.1 Å². The lowest BCUT2D eigenvalue weighted by atomic mass is 10.0. The van der Waals surface area contributed by atoms with E-state index < -0.39 is 17.8 Å². The van der Waals surface area contributed by atoms with E-state index >= 15 is 0 Å². The zero-order valence-electron chi connectivity index (χ0n) is 15.8. The van der Waals surface area contributed by atoms with Gasteiger partial charge >= 0.3 is 5.97 Å². The van der Waals surface area contributed by atoms with Crippen molar-refractivity contribution in [3.8, 4) is 11.4 Å². The SMILES string of the molecule is Cc1cccc(C(CC(=O)O)NC(=O)CCc2nc(-c3ccccc3F)no2)c1. The zero-order valence-corrected chi connectivity index (χ0v) is 15.8. The number of aromatic nitrogens is 2. The summed E-state index contributed by atoms with van der Waals surface area (Å²) in [5, 5.41) is 15.6. The molecule has 1 unspecified atom stereocenters. The van der Waals surface area contributed by atoms with Crippen LogP contribution in [0.2, 0.25) is 0 Å². The van der Waals surface area contributed by atoms with Crippen molar-refractivity contribution >= 4 is 11.9 Å². The molecule has 0 saturated carbocycles. The van der Waals surface area contributed by atoms with E-state index in [4.69, 9.17) is 9.63 Å². The van der Waals surface area contributed by atoms with Crippen LogP contribution >= 0.6 is 0 Å². The quantitative estimate of drug-likeness (QED) is 0.603. The number of amides is 1. The van der Waals surface area contributed by atoms with E-state index in [2.05, 4.69) is 15.5 Å². The number of hydrogen-bond donors (Lipinski definition) is 2. The van der Waals surface area contributed by atoms with Crippen molar-refractivity contribution in [3.05, 3.63) is 71.4 Å².